The fraction of sp³-hybridized carbons (Fsp3) is 0.579. The molecule has 1 aliphatic heterocycles. The van der Waals surface area contributed by atoms with Crippen molar-refractivity contribution in [3.8, 4) is 6.07 Å². The molecule has 2 fully saturated rings. The number of carbonyl (C=O) groups excluding carboxylic acids is 1. The molecule has 1 heterocycles. The number of nitriles is 1. The van der Waals surface area contributed by atoms with Crippen molar-refractivity contribution in [2.24, 2.45) is 5.41 Å². The first-order valence-corrected chi connectivity index (χ1v) is 8.66. The average molecular weight is 327 g/mol. The second-order valence-electron chi connectivity index (χ2n) is 7.03. The SMILES string of the molecule is COC(=O)N1CCC(CC#N)(CNC2CC2c2ccccc2)CC1. The van der Waals surface area contributed by atoms with Crippen LogP contribution in [-0.2, 0) is 4.74 Å². The van der Waals surface area contributed by atoms with E-state index in [4.69, 9.17) is 4.74 Å². The highest BCUT2D eigenvalue weighted by Crippen LogP contribution is 2.42. The molecule has 1 N–H and O–H groups in total. The molecule has 1 aromatic rings. The van der Waals surface area contributed by atoms with Crippen LogP contribution in [0.15, 0.2) is 30.3 Å². The Bertz CT molecular complexity index is 603. The number of hydrogen-bond donors (Lipinski definition) is 1. The molecule has 24 heavy (non-hydrogen) atoms. The highest BCUT2D eigenvalue weighted by atomic mass is 16.5. The van der Waals surface area contributed by atoms with Gasteiger partial charge in [-0.3, -0.25) is 0 Å². The van der Waals surface area contributed by atoms with Crippen LogP contribution < -0.4 is 5.32 Å². The van der Waals surface area contributed by atoms with E-state index in [1.54, 1.807) is 4.90 Å². The molecule has 0 aromatic heterocycles. The van der Waals surface area contributed by atoms with E-state index in [0.717, 1.165) is 19.4 Å². The van der Waals surface area contributed by atoms with Gasteiger partial charge in [-0.25, -0.2) is 4.79 Å². The predicted octanol–water partition coefficient (Wildman–Crippen LogP) is 2.89. The fourth-order valence-electron chi connectivity index (χ4n) is 3.71. The Kier molecular flexibility index (Phi) is 5.06. The number of rotatable bonds is 5. The van der Waals surface area contributed by atoms with E-state index in [1.807, 2.05) is 6.07 Å². The Morgan fingerprint density at radius 3 is 2.71 bits per heavy atom. The third-order valence-corrected chi connectivity index (χ3v) is 5.47. The van der Waals surface area contributed by atoms with Crippen LogP contribution in [0.3, 0.4) is 0 Å². The number of carbonyl (C=O) groups is 1. The Labute approximate surface area is 143 Å². The van der Waals surface area contributed by atoms with Gasteiger partial charge in [0.1, 0.15) is 0 Å². The van der Waals surface area contributed by atoms with E-state index in [0.29, 0.717) is 31.5 Å². The van der Waals surface area contributed by atoms with Crippen molar-refractivity contribution in [2.75, 3.05) is 26.7 Å². The van der Waals surface area contributed by atoms with E-state index >= 15 is 0 Å². The van der Waals surface area contributed by atoms with Gasteiger partial charge in [-0.2, -0.15) is 5.26 Å². The molecule has 1 aromatic carbocycles. The molecule has 3 rings (SSSR count). The van der Waals surface area contributed by atoms with Gasteiger partial charge in [0.05, 0.1) is 13.2 Å². The standard InChI is InChI=1S/C19H25N3O2/c1-24-18(23)22-11-8-19(7-10-20,9-12-22)14-21-17-13-16(17)15-5-3-2-4-6-15/h2-6,16-17,21H,7-9,11-14H2,1H3. The molecule has 1 saturated carbocycles. The molecule has 0 spiro atoms. The summed E-state index contributed by atoms with van der Waals surface area (Å²) < 4.78 is 4.80. The molecule has 1 aliphatic carbocycles. The molecule has 2 aliphatic rings. The smallest absolute Gasteiger partial charge is 0.409 e. The van der Waals surface area contributed by atoms with Crippen molar-refractivity contribution in [1.82, 2.24) is 10.2 Å². The highest BCUT2D eigenvalue weighted by molar-refractivity contribution is 5.67. The molecule has 5 nitrogen and oxygen atoms in total. The molecular weight excluding hydrogens is 302 g/mol. The molecular formula is C19H25N3O2. The molecule has 0 radical (unpaired) electrons. The van der Waals surface area contributed by atoms with E-state index in [9.17, 15) is 10.1 Å². The van der Waals surface area contributed by atoms with Crippen molar-refractivity contribution in [1.29, 1.82) is 5.26 Å². The van der Waals surface area contributed by atoms with Crippen molar-refractivity contribution in [3.63, 3.8) is 0 Å². The normalized spacial score (nSPS) is 24.9. The maximum Gasteiger partial charge on any atom is 0.409 e. The van der Waals surface area contributed by atoms with Gasteiger partial charge in [-0.1, -0.05) is 30.3 Å². The first kappa shape index (κ1) is 16.8. The summed E-state index contributed by atoms with van der Waals surface area (Å²) in [4.78, 5) is 13.4. The van der Waals surface area contributed by atoms with Crippen molar-refractivity contribution in [2.45, 2.75) is 37.6 Å². The van der Waals surface area contributed by atoms with Crippen molar-refractivity contribution >= 4 is 6.09 Å². The number of nitrogens with zero attached hydrogens (tertiary/aromatic N) is 2. The van der Waals surface area contributed by atoms with Crippen LogP contribution in [0.2, 0.25) is 0 Å². The monoisotopic (exact) mass is 327 g/mol. The van der Waals surface area contributed by atoms with Gasteiger partial charge in [-0.15, -0.1) is 0 Å². The molecule has 128 valence electrons. The summed E-state index contributed by atoms with van der Waals surface area (Å²) in [6.07, 6.45) is 3.15. The number of methoxy groups -OCH3 is 1. The summed E-state index contributed by atoms with van der Waals surface area (Å²) in [7, 11) is 1.41. The number of piperidine rings is 1. The maximum absolute atomic E-state index is 11.6. The summed E-state index contributed by atoms with van der Waals surface area (Å²) in [6.45, 7) is 2.19. The van der Waals surface area contributed by atoms with Crippen LogP contribution in [-0.4, -0.2) is 43.8 Å². The topological polar surface area (TPSA) is 65.4 Å². The van der Waals surface area contributed by atoms with Gasteiger partial charge in [-0.05, 0) is 30.2 Å². The minimum absolute atomic E-state index is 0.0247. The zero-order valence-corrected chi connectivity index (χ0v) is 14.2. The molecule has 5 heteroatoms. The van der Waals surface area contributed by atoms with E-state index in [2.05, 4.69) is 35.7 Å². The number of hydrogen-bond acceptors (Lipinski definition) is 4. The summed E-state index contributed by atoms with van der Waals surface area (Å²) in [5.41, 5.74) is 1.37. The lowest BCUT2D eigenvalue weighted by atomic mass is 9.76. The minimum Gasteiger partial charge on any atom is -0.453 e. The second kappa shape index (κ2) is 7.23. The number of ether oxygens (including phenoxy) is 1. The van der Waals surface area contributed by atoms with Crippen LogP contribution in [0, 0.1) is 16.7 Å². The third-order valence-electron chi connectivity index (χ3n) is 5.47. The quantitative estimate of drug-likeness (QED) is 0.903. The molecule has 1 amide bonds. The van der Waals surface area contributed by atoms with Gasteiger partial charge in [0.25, 0.3) is 0 Å². The molecule has 1 saturated heterocycles. The lowest BCUT2D eigenvalue weighted by molar-refractivity contribution is 0.0782. The third kappa shape index (κ3) is 3.70. The number of nitrogens with one attached hydrogen (secondary N) is 1. The van der Waals surface area contributed by atoms with Gasteiger partial charge >= 0.3 is 6.09 Å². The molecule has 2 atom stereocenters. The summed E-state index contributed by atoms with van der Waals surface area (Å²) in [6, 6.07) is 13.5. The second-order valence-corrected chi connectivity index (χ2v) is 7.03. The van der Waals surface area contributed by atoms with Crippen LogP contribution in [0.5, 0.6) is 0 Å². The van der Waals surface area contributed by atoms with Gasteiger partial charge in [0.2, 0.25) is 0 Å². The zero-order chi connectivity index (χ0) is 17.0. The van der Waals surface area contributed by atoms with Crippen LogP contribution in [0.4, 0.5) is 4.79 Å². The minimum atomic E-state index is -0.264. The Hall–Kier alpha value is -2.06. The largest absolute Gasteiger partial charge is 0.453 e. The Morgan fingerprint density at radius 2 is 2.08 bits per heavy atom. The van der Waals surface area contributed by atoms with Gasteiger partial charge in [0, 0.05) is 38.0 Å². The summed E-state index contributed by atoms with van der Waals surface area (Å²) >= 11 is 0. The van der Waals surface area contributed by atoms with Crippen LogP contribution in [0.25, 0.3) is 0 Å². The zero-order valence-electron chi connectivity index (χ0n) is 14.2. The first-order chi connectivity index (χ1) is 11.7. The van der Waals surface area contributed by atoms with Gasteiger partial charge in [0.15, 0.2) is 0 Å². The summed E-state index contributed by atoms with van der Waals surface area (Å²) in [5, 5.41) is 12.9. The molecule has 0 bridgehead atoms. The van der Waals surface area contributed by atoms with Crippen LogP contribution >= 0.6 is 0 Å². The Balaban J connectivity index is 1.53. The lowest BCUT2D eigenvalue weighted by Crippen LogP contribution is -2.47. The first-order valence-electron chi connectivity index (χ1n) is 8.66. The van der Waals surface area contributed by atoms with E-state index in [-0.39, 0.29) is 11.5 Å². The Morgan fingerprint density at radius 1 is 1.38 bits per heavy atom. The summed E-state index contributed by atoms with van der Waals surface area (Å²) in [5.74, 6) is 0.598. The maximum atomic E-state index is 11.6. The average Bonchev–Trinajstić information content (AvgIpc) is 3.41. The van der Waals surface area contributed by atoms with Gasteiger partial charge < -0.3 is 15.0 Å². The van der Waals surface area contributed by atoms with Crippen LogP contribution in [0.1, 0.15) is 37.2 Å². The predicted molar refractivity (Wildman–Crippen MR) is 91.5 cm³/mol. The highest BCUT2D eigenvalue weighted by Gasteiger charge is 2.41. The lowest BCUT2D eigenvalue weighted by Gasteiger charge is -2.40. The molecule has 2 unspecified atom stereocenters. The number of likely N-dealkylation sites (tertiary alicyclic amines) is 1. The fourth-order valence-corrected chi connectivity index (χ4v) is 3.71. The van der Waals surface area contributed by atoms with E-state index < -0.39 is 0 Å². The van der Waals surface area contributed by atoms with Crippen molar-refractivity contribution in [3.05, 3.63) is 35.9 Å². The number of amides is 1. The van der Waals surface area contributed by atoms with Crippen molar-refractivity contribution < 1.29 is 9.53 Å². The number of benzene rings is 1. The van der Waals surface area contributed by atoms with E-state index in [1.165, 1.54) is 19.1 Å².